The summed E-state index contributed by atoms with van der Waals surface area (Å²) in [4.78, 5) is 17.6. The fourth-order valence-corrected chi connectivity index (χ4v) is 1.31. The van der Waals surface area contributed by atoms with Crippen LogP contribution in [0, 0.1) is 6.92 Å². The molecule has 0 radical (unpaired) electrons. The van der Waals surface area contributed by atoms with Crippen LogP contribution in [0.5, 0.6) is 0 Å². The van der Waals surface area contributed by atoms with Crippen LogP contribution in [-0.4, -0.2) is 21.0 Å². The second kappa shape index (κ2) is 3.61. The van der Waals surface area contributed by atoms with Crippen LogP contribution in [0.1, 0.15) is 11.5 Å². The number of aryl methyl sites for hydroxylation is 1. The van der Waals surface area contributed by atoms with Gasteiger partial charge in [-0.1, -0.05) is 0 Å². The Balaban J connectivity index is 2.33. The van der Waals surface area contributed by atoms with Crippen molar-refractivity contribution in [3.05, 3.63) is 29.9 Å². The second-order valence-electron chi connectivity index (χ2n) is 3.20. The minimum atomic E-state index is -0.921. The highest BCUT2D eigenvalue weighted by Crippen LogP contribution is 2.21. The van der Waals surface area contributed by atoms with Crippen LogP contribution in [0.2, 0.25) is 0 Å². The van der Waals surface area contributed by atoms with Gasteiger partial charge in [0.1, 0.15) is 12.2 Å². The predicted octanol–water partition coefficient (Wildman–Crippen LogP) is 1.61. The summed E-state index contributed by atoms with van der Waals surface area (Å²) in [6.45, 7) is 1.73. The van der Waals surface area contributed by atoms with Gasteiger partial charge in [-0.15, -0.1) is 0 Å². The van der Waals surface area contributed by atoms with Gasteiger partial charge in [-0.25, -0.2) is 4.98 Å². The zero-order valence-electron chi connectivity index (χ0n) is 8.15. The molecule has 0 fully saturated rings. The van der Waals surface area contributed by atoms with E-state index in [1.807, 2.05) is 6.07 Å². The summed E-state index contributed by atoms with van der Waals surface area (Å²) in [6.07, 6.45) is 3.37. The number of rotatable bonds is 3. The maximum atomic E-state index is 10.5. The van der Waals surface area contributed by atoms with Crippen molar-refractivity contribution < 1.29 is 14.3 Å². The molecule has 0 saturated heterocycles. The lowest BCUT2D eigenvalue weighted by atomic mass is 10.3. The Hall–Kier alpha value is -2.04. The zero-order chi connectivity index (χ0) is 10.8. The van der Waals surface area contributed by atoms with E-state index >= 15 is 0 Å². The van der Waals surface area contributed by atoms with Gasteiger partial charge in [0, 0.05) is 12.4 Å². The molecular weight excluding hydrogens is 196 g/mol. The summed E-state index contributed by atoms with van der Waals surface area (Å²) in [7, 11) is 0. The number of aromatic amines is 1. The number of H-pyrrole nitrogens is 1. The molecule has 2 aromatic rings. The molecule has 5 nitrogen and oxygen atoms in total. The lowest BCUT2D eigenvalue weighted by Crippen LogP contribution is -1.99. The maximum Gasteiger partial charge on any atom is 0.311 e. The molecule has 2 N–H and O–H groups in total. The fourth-order valence-electron chi connectivity index (χ4n) is 1.31. The van der Waals surface area contributed by atoms with Crippen molar-refractivity contribution >= 4 is 5.97 Å². The molecule has 2 heterocycles. The van der Waals surface area contributed by atoms with Crippen molar-refractivity contribution in [1.29, 1.82) is 0 Å². The van der Waals surface area contributed by atoms with E-state index in [2.05, 4.69) is 9.97 Å². The Morgan fingerprint density at radius 1 is 1.67 bits per heavy atom. The van der Waals surface area contributed by atoms with Gasteiger partial charge in [0.2, 0.25) is 5.89 Å². The number of nitrogens with zero attached hydrogens (tertiary/aromatic N) is 1. The molecule has 0 atom stereocenters. The maximum absolute atomic E-state index is 10.5. The van der Waals surface area contributed by atoms with Gasteiger partial charge in [0.05, 0.1) is 11.3 Å². The number of nitrogens with one attached hydrogen (secondary N) is 1. The van der Waals surface area contributed by atoms with Crippen LogP contribution in [-0.2, 0) is 11.2 Å². The Bertz CT molecular complexity index is 471. The van der Waals surface area contributed by atoms with Gasteiger partial charge >= 0.3 is 5.97 Å². The standard InChI is InChI=1S/C10H10N2O3/c1-6-8(4-9(13)14)15-10(12-6)7-2-3-11-5-7/h2-3,5,11H,4H2,1H3,(H,13,14). The van der Waals surface area contributed by atoms with Crippen LogP contribution in [0.3, 0.4) is 0 Å². The summed E-state index contributed by atoms with van der Waals surface area (Å²) in [5.74, 6) is -0.0708. The first-order valence-corrected chi connectivity index (χ1v) is 4.48. The Kier molecular flexibility index (Phi) is 2.29. The average Bonchev–Trinajstić information content (AvgIpc) is 2.75. The number of aliphatic carboxylic acids is 1. The van der Waals surface area contributed by atoms with E-state index < -0.39 is 5.97 Å². The number of carbonyl (C=O) groups is 1. The molecule has 2 aromatic heterocycles. The quantitative estimate of drug-likeness (QED) is 0.799. The van der Waals surface area contributed by atoms with Crippen molar-refractivity contribution in [2.75, 3.05) is 0 Å². The summed E-state index contributed by atoms with van der Waals surface area (Å²) in [5.41, 5.74) is 1.43. The van der Waals surface area contributed by atoms with Crippen LogP contribution in [0.4, 0.5) is 0 Å². The molecule has 5 heteroatoms. The lowest BCUT2D eigenvalue weighted by Gasteiger charge is -1.90. The van der Waals surface area contributed by atoms with E-state index in [0.29, 0.717) is 17.3 Å². The van der Waals surface area contributed by atoms with Gasteiger partial charge in [0.15, 0.2) is 0 Å². The Morgan fingerprint density at radius 2 is 2.47 bits per heavy atom. The van der Waals surface area contributed by atoms with Gasteiger partial charge in [-0.3, -0.25) is 4.79 Å². The number of hydrogen-bond acceptors (Lipinski definition) is 3. The first kappa shape index (κ1) is 9.51. The molecule has 15 heavy (non-hydrogen) atoms. The number of carboxylic acids is 1. The highest BCUT2D eigenvalue weighted by Gasteiger charge is 2.13. The molecule has 0 bridgehead atoms. The predicted molar refractivity (Wildman–Crippen MR) is 52.4 cm³/mol. The van der Waals surface area contributed by atoms with Crippen molar-refractivity contribution in [1.82, 2.24) is 9.97 Å². The first-order valence-electron chi connectivity index (χ1n) is 4.48. The molecule has 0 aliphatic heterocycles. The molecule has 0 spiro atoms. The van der Waals surface area contributed by atoms with Crippen LogP contribution < -0.4 is 0 Å². The zero-order valence-corrected chi connectivity index (χ0v) is 8.15. The molecule has 0 saturated carbocycles. The summed E-state index contributed by atoms with van der Waals surface area (Å²) >= 11 is 0. The largest absolute Gasteiger partial charge is 0.481 e. The van der Waals surface area contributed by atoms with E-state index in [4.69, 9.17) is 9.52 Å². The Labute approximate surface area is 85.8 Å². The Morgan fingerprint density at radius 3 is 3.07 bits per heavy atom. The molecule has 0 unspecified atom stereocenters. The number of hydrogen-bond donors (Lipinski definition) is 2. The second-order valence-corrected chi connectivity index (χ2v) is 3.20. The van der Waals surface area contributed by atoms with E-state index in [-0.39, 0.29) is 6.42 Å². The highest BCUT2D eigenvalue weighted by atomic mass is 16.4. The number of oxazole rings is 1. The number of carboxylic acid groups (broad SMARTS) is 1. The lowest BCUT2D eigenvalue weighted by molar-refractivity contribution is -0.136. The van der Waals surface area contributed by atoms with Crippen molar-refractivity contribution in [2.24, 2.45) is 0 Å². The SMILES string of the molecule is Cc1nc(-c2cc[nH]c2)oc1CC(=O)O. The summed E-state index contributed by atoms with van der Waals surface area (Å²) in [5, 5.41) is 8.64. The van der Waals surface area contributed by atoms with Crippen molar-refractivity contribution in [3.63, 3.8) is 0 Å². The van der Waals surface area contributed by atoms with E-state index in [0.717, 1.165) is 5.56 Å². The fraction of sp³-hybridized carbons (Fsp3) is 0.200. The number of aromatic nitrogens is 2. The van der Waals surface area contributed by atoms with E-state index in [1.165, 1.54) is 0 Å². The smallest absolute Gasteiger partial charge is 0.311 e. The third kappa shape index (κ3) is 1.90. The first-order chi connectivity index (χ1) is 7.16. The molecule has 78 valence electrons. The molecule has 2 rings (SSSR count). The van der Waals surface area contributed by atoms with Gasteiger partial charge in [-0.2, -0.15) is 0 Å². The molecular formula is C10H10N2O3. The summed E-state index contributed by atoms with van der Waals surface area (Å²) < 4.78 is 5.36. The molecule has 0 aromatic carbocycles. The van der Waals surface area contributed by atoms with Crippen molar-refractivity contribution in [3.8, 4) is 11.5 Å². The topological polar surface area (TPSA) is 79.1 Å². The molecule has 0 aliphatic carbocycles. The van der Waals surface area contributed by atoms with Crippen LogP contribution in [0.15, 0.2) is 22.9 Å². The third-order valence-corrected chi connectivity index (χ3v) is 2.05. The van der Waals surface area contributed by atoms with Gasteiger partial charge in [-0.05, 0) is 13.0 Å². The third-order valence-electron chi connectivity index (χ3n) is 2.05. The summed E-state index contributed by atoms with van der Waals surface area (Å²) in [6, 6.07) is 1.82. The molecule has 0 amide bonds. The average molecular weight is 206 g/mol. The molecule has 0 aliphatic rings. The monoisotopic (exact) mass is 206 g/mol. The minimum Gasteiger partial charge on any atom is -0.481 e. The van der Waals surface area contributed by atoms with E-state index in [9.17, 15) is 4.79 Å². The van der Waals surface area contributed by atoms with Crippen LogP contribution in [0.25, 0.3) is 11.5 Å². The normalized spacial score (nSPS) is 10.5. The van der Waals surface area contributed by atoms with Crippen LogP contribution >= 0.6 is 0 Å². The van der Waals surface area contributed by atoms with Gasteiger partial charge in [0.25, 0.3) is 0 Å². The van der Waals surface area contributed by atoms with Crippen molar-refractivity contribution in [2.45, 2.75) is 13.3 Å². The van der Waals surface area contributed by atoms with Gasteiger partial charge < -0.3 is 14.5 Å². The van der Waals surface area contributed by atoms with E-state index in [1.54, 1.807) is 19.3 Å². The highest BCUT2D eigenvalue weighted by molar-refractivity contribution is 5.69. The minimum absolute atomic E-state index is 0.136.